The van der Waals surface area contributed by atoms with Crippen molar-refractivity contribution in [2.45, 2.75) is 13.5 Å². The number of pyridine rings is 1. The quantitative estimate of drug-likeness (QED) is 0.289. The minimum absolute atomic E-state index is 0.237. The van der Waals surface area contributed by atoms with E-state index in [-0.39, 0.29) is 12.2 Å². The number of aromatic nitrogens is 1. The number of hydrogen-bond acceptors (Lipinski definition) is 8. The summed E-state index contributed by atoms with van der Waals surface area (Å²) in [7, 11) is 1.09. The molecule has 1 amide bonds. The van der Waals surface area contributed by atoms with Gasteiger partial charge in [-0.2, -0.15) is 0 Å². The van der Waals surface area contributed by atoms with Crippen molar-refractivity contribution >= 4 is 35.3 Å². The topological polar surface area (TPSA) is 147 Å². The van der Waals surface area contributed by atoms with E-state index in [1.54, 1.807) is 37.3 Å². The van der Waals surface area contributed by atoms with Gasteiger partial charge in [0.2, 0.25) is 5.91 Å². The zero-order valence-electron chi connectivity index (χ0n) is 16.7. The van der Waals surface area contributed by atoms with Crippen molar-refractivity contribution in [1.82, 2.24) is 4.57 Å². The standard InChI is InChI=1S/C20H19N3O8/c1-3-31-18(25)9-6-13-4-7-15(8-5-13)21-17(24)12-22-11-14(20(27)30-2)10-16(19(22)26)23(28)29/h4-11H,3,12H2,1-2H3,(H,21,24)/b9-6+. The molecule has 0 atom stereocenters. The largest absolute Gasteiger partial charge is 0.465 e. The molecule has 0 radical (unpaired) electrons. The first-order chi connectivity index (χ1) is 14.7. The predicted molar refractivity (Wildman–Crippen MR) is 109 cm³/mol. The third kappa shape index (κ3) is 6.35. The average Bonchev–Trinajstić information content (AvgIpc) is 2.74. The molecule has 0 spiro atoms. The third-order valence-corrected chi connectivity index (χ3v) is 3.89. The molecular weight excluding hydrogens is 410 g/mol. The summed E-state index contributed by atoms with van der Waals surface area (Å²) in [6.45, 7) is 1.40. The van der Waals surface area contributed by atoms with Gasteiger partial charge in [0.15, 0.2) is 0 Å². The second-order valence-corrected chi connectivity index (χ2v) is 6.05. The Morgan fingerprint density at radius 2 is 1.90 bits per heavy atom. The molecule has 1 aromatic heterocycles. The molecular formula is C20H19N3O8. The van der Waals surface area contributed by atoms with E-state index in [0.717, 1.165) is 23.9 Å². The number of rotatable bonds is 8. The Morgan fingerprint density at radius 3 is 2.48 bits per heavy atom. The fourth-order valence-electron chi connectivity index (χ4n) is 2.49. The van der Waals surface area contributed by atoms with Crippen LogP contribution in [-0.2, 0) is 25.6 Å². The summed E-state index contributed by atoms with van der Waals surface area (Å²) in [5.41, 5.74) is -1.05. The van der Waals surface area contributed by atoms with Gasteiger partial charge in [-0.3, -0.25) is 24.3 Å². The highest BCUT2D eigenvalue weighted by Gasteiger charge is 2.21. The molecule has 0 unspecified atom stereocenters. The van der Waals surface area contributed by atoms with Gasteiger partial charge in [0.25, 0.3) is 0 Å². The summed E-state index contributed by atoms with van der Waals surface area (Å²) >= 11 is 0. The highest BCUT2D eigenvalue weighted by atomic mass is 16.6. The number of benzene rings is 1. The molecule has 0 fully saturated rings. The summed E-state index contributed by atoms with van der Waals surface area (Å²) < 4.78 is 10.1. The minimum Gasteiger partial charge on any atom is -0.465 e. The number of carbonyl (C=O) groups is 3. The van der Waals surface area contributed by atoms with Gasteiger partial charge in [-0.25, -0.2) is 9.59 Å². The van der Waals surface area contributed by atoms with Crippen LogP contribution in [0.2, 0.25) is 0 Å². The second-order valence-electron chi connectivity index (χ2n) is 6.05. The summed E-state index contributed by atoms with van der Waals surface area (Å²) in [6, 6.07) is 7.21. The number of anilines is 1. The normalized spacial score (nSPS) is 10.5. The van der Waals surface area contributed by atoms with Crippen LogP contribution in [0.5, 0.6) is 0 Å². The van der Waals surface area contributed by atoms with Crippen molar-refractivity contribution in [2.75, 3.05) is 19.0 Å². The monoisotopic (exact) mass is 429 g/mol. The Labute approximate surface area is 176 Å². The molecule has 0 saturated carbocycles. The van der Waals surface area contributed by atoms with Gasteiger partial charge in [-0.05, 0) is 30.7 Å². The number of nitro groups is 1. The van der Waals surface area contributed by atoms with Crippen molar-refractivity contribution < 1.29 is 28.8 Å². The van der Waals surface area contributed by atoms with E-state index in [4.69, 9.17) is 4.74 Å². The third-order valence-electron chi connectivity index (χ3n) is 3.89. The van der Waals surface area contributed by atoms with E-state index in [1.165, 1.54) is 6.08 Å². The lowest BCUT2D eigenvalue weighted by atomic mass is 10.2. The van der Waals surface area contributed by atoms with E-state index in [9.17, 15) is 29.3 Å². The average molecular weight is 429 g/mol. The van der Waals surface area contributed by atoms with Crippen LogP contribution in [0, 0.1) is 10.1 Å². The van der Waals surface area contributed by atoms with Crippen molar-refractivity contribution in [3.63, 3.8) is 0 Å². The van der Waals surface area contributed by atoms with Crippen LogP contribution < -0.4 is 10.9 Å². The summed E-state index contributed by atoms with van der Waals surface area (Å²) in [4.78, 5) is 57.7. The van der Waals surface area contributed by atoms with Crippen LogP contribution in [0.15, 0.2) is 47.4 Å². The van der Waals surface area contributed by atoms with Gasteiger partial charge in [0.1, 0.15) is 6.54 Å². The van der Waals surface area contributed by atoms with Crippen LogP contribution in [0.1, 0.15) is 22.8 Å². The van der Waals surface area contributed by atoms with Crippen LogP contribution in [0.4, 0.5) is 11.4 Å². The Hall–Kier alpha value is -4.28. The molecule has 2 aromatic rings. The van der Waals surface area contributed by atoms with Gasteiger partial charge in [-0.15, -0.1) is 0 Å². The molecule has 1 N–H and O–H groups in total. The Bertz CT molecular complexity index is 1090. The van der Waals surface area contributed by atoms with Gasteiger partial charge in [0, 0.05) is 24.0 Å². The van der Waals surface area contributed by atoms with Crippen LogP contribution >= 0.6 is 0 Å². The molecule has 2 rings (SSSR count). The molecule has 1 heterocycles. The van der Waals surface area contributed by atoms with Gasteiger partial charge in [0.05, 0.1) is 24.2 Å². The molecule has 11 nitrogen and oxygen atoms in total. The van der Waals surface area contributed by atoms with E-state index in [2.05, 4.69) is 10.1 Å². The van der Waals surface area contributed by atoms with Crippen molar-refractivity contribution in [3.05, 3.63) is 74.2 Å². The molecule has 1 aromatic carbocycles. The van der Waals surface area contributed by atoms with Crippen molar-refractivity contribution in [3.8, 4) is 0 Å². The Kier molecular flexibility index (Phi) is 7.78. The number of ether oxygens (including phenoxy) is 2. The number of amides is 1. The molecule has 11 heteroatoms. The molecule has 0 saturated heterocycles. The fraction of sp³-hybridized carbons (Fsp3) is 0.200. The lowest BCUT2D eigenvalue weighted by Gasteiger charge is -2.09. The van der Waals surface area contributed by atoms with Crippen molar-refractivity contribution in [2.24, 2.45) is 0 Å². The van der Waals surface area contributed by atoms with Crippen LogP contribution in [-0.4, -0.2) is 41.1 Å². The van der Waals surface area contributed by atoms with E-state index in [0.29, 0.717) is 11.3 Å². The second kappa shape index (κ2) is 10.5. The number of nitrogens with zero attached hydrogens (tertiary/aromatic N) is 2. The smallest absolute Gasteiger partial charge is 0.339 e. The first-order valence-corrected chi connectivity index (χ1v) is 8.97. The van der Waals surface area contributed by atoms with E-state index >= 15 is 0 Å². The molecule has 0 aliphatic carbocycles. The maximum Gasteiger partial charge on any atom is 0.339 e. The van der Waals surface area contributed by atoms with E-state index < -0.39 is 40.6 Å². The maximum atomic E-state index is 12.3. The lowest BCUT2D eigenvalue weighted by Crippen LogP contribution is -2.29. The molecule has 162 valence electrons. The Morgan fingerprint density at radius 1 is 1.23 bits per heavy atom. The zero-order chi connectivity index (χ0) is 23.0. The molecule has 0 bridgehead atoms. The van der Waals surface area contributed by atoms with Crippen LogP contribution in [0.3, 0.4) is 0 Å². The Balaban J connectivity index is 2.14. The molecule has 0 aliphatic heterocycles. The van der Waals surface area contributed by atoms with Gasteiger partial charge < -0.3 is 14.8 Å². The highest BCUT2D eigenvalue weighted by molar-refractivity contribution is 5.92. The van der Waals surface area contributed by atoms with Gasteiger partial charge >= 0.3 is 23.2 Å². The minimum atomic E-state index is -1.03. The van der Waals surface area contributed by atoms with Crippen LogP contribution in [0.25, 0.3) is 6.08 Å². The van der Waals surface area contributed by atoms with E-state index in [1.807, 2.05) is 0 Å². The van der Waals surface area contributed by atoms with Gasteiger partial charge in [-0.1, -0.05) is 12.1 Å². The molecule has 31 heavy (non-hydrogen) atoms. The SMILES string of the molecule is CCOC(=O)/C=C/c1ccc(NC(=O)Cn2cc(C(=O)OC)cc([N+](=O)[O-])c2=O)cc1. The summed E-state index contributed by atoms with van der Waals surface area (Å²) in [5, 5.41) is 13.6. The van der Waals surface area contributed by atoms with Crippen molar-refractivity contribution in [1.29, 1.82) is 0 Å². The predicted octanol–water partition coefficient (Wildman–Crippen LogP) is 1.76. The number of esters is 2. The first-order valence-electron chi connectivity index (χ1n) is 8.97. The first kappa shape index (κ1) is 23.0. The fourth-order valence-corrected chi connectivity index (χ4v) is 2.49. The summed E-state index contributed by atoms with van der Waals surface area (Å²) in [5.74, 6) is -2.01. The maximum absolute atomic E-state index is 12.3. The number of methoxy groups -OCH3 is 1. The highest BCUT2D eigenvalue weighted by Crippen LogP contribution is 2.12. The molecule has 0 aliphatic rings. The number of nitrogens with one attached hydrogen (secondary N) is 1. The summed E-state index contributed by atoms with van der Waals surface area (Å²) in [6.07, 6.45) is 3.83. The lowest BCUT2D eigenvalue weighted by molar-refractivity contribution is -0.386. The number of hydrogen-bond donors (Lipinski definition) is 1. The number of carbonyl (C=O) groups excluding carboxylic acids is 3. The zero-order valence-corrected chi connectivity index (χ0v) is 16.7.